The Hall–Kier alpha value is -2.41. The van der Waals surface area contributed by atoms with Gasteiger partial charge in [0.1, 0.15) is 0 Å². The smallest absolute Gasteiger partial charge is 0.336 e. The Morgan fingerprint density at radius 1 is 1.00 bits per heavy atom. The van der Waals surface area contributed by atoms with Crippen LogP contribution in [0.5, 0.6) is 0 Å². The Bertz CT molecular complexity index is 505. The van der Waals surface area contributed by atoms with Gasteiger partial charge in [-0.2, -0.15) is 0 Å². The highest BCUT2D eigenvalue weighted by Gasteiger charge is 2.38. The van der Waals surface area contributed by atoms with Crippen molar-refractivity contribution < 1.29 is 34.8 Å². The maximum atomic E-state index is 10.9. The van der Waals surface area contributed by atoms with Gasteiger partial charge in [0.25, 0.3) is 0 Å². The zero-order chi connectivity index (χ0) is 14.6. The van der Waals surface area contributed by atoms with E-state index >= 15 is 0 Å². The number of rotatable bonds is 6. The quantitative estimate of drug-likeness (QED) is 0.580. The van der Waals surface area contributed by atoms with Crippen LogP contribution in [-0.4, -0.2) is 43.9 Å². The van der Waals surface area contributed by atoms with Crippen molar-refractivity contribution in [3.63, 3.8) is 0 Å². The van der Waals surface area contributed by atoms with Crippen LogP contribution in [0.1, 0.15) is 22.3 Å². The van der Waals surface area contributed by atoms with E-state index in [0.717, 1.165) is 0 Å². The van der Waals surface area contributed by atoms with Crippen LogP contribution in [0.15, 0.2) is 24.3 Å². The van der Waals surface area contributed by atoms with E-state index in [2.05, 4.69) is 0 Å². The summed E-state index contributed by atoms with van der Waals surface area (Å²) in [6.07, 6.45) is -1.36. The van der Waals surface area contributed by atoms with Gasteiger partial charge in [0.05, 0.1) is 12.0 Å². The molecule has 1 aromatic rings. The molecule has 0 aliphatic rings. The fourth-order valence-corrected chi connectivity index (χ4v) is 1.57. The number of carbonyl (C=O) groups is 3. The van der Waals surface area contributed by atoms with Gasteiger partial charge in [0.2, 0.25) is 0 Å². The maximum absolute atomic E-state index is 10.9. The van der Waals surface area contributed by atoms with E-state index < -0.39 is 36.4 Å². The molecule has 1 rings (SSSR count). The van der Waals surface area contributed by atoms with E-state index in [1.54, 1.807) is 0 Å². The number of aromatic carboxylic acids is 1. The Labute approximate surface area is 107 Å². The third-order valence-corrected chi connectivity index (χ3v) is 2.54. The van der Waals surface area contributed by atoms with Crippen LogP contribution in [-0.2, 0) is 16.0 Å². The van der Waals surface area contributed by atoms with Crippen LogP contribution >= 0.6 is 0 Å². The summed E-state index contributed by atoms with van der Waals surface area (Å²) in [4.78, 5) is 32.1. The van der Waals surface area contributed by atoms with Crippen LogP contribution in [0, 0.1) is 0 Å². The minimum atomic E-state index is -2.42. The Morgan fingerprint density at radius 2 is 1.53 bits per heavy atom. The summed E-state index contributed by atoms with van der Waals surface area (Å²) < 4.78 is 0. The van der Waals surface area contributed by atoms with E-state index in [0.29, 0.717) is 5.56 Å². The lowest BCUT2D eigenvalue weighted by Crippen LogP contribution is -2.42. The standard InChI is InChI=1S/C12H12O7/c13-9(14)6-12(19,11(17)18)5-7-1-3-8(4-2-7)10(15)16/h1-4,19H,5-6H2,(H,13,14)(H,15,16)(H,17,18)/t12-/m1/s1. The van der Waals surface area contributed by atoms with Gasteiger partial charge >= 0.3 is 17.9 Å². The van der Waals surface area contributed by atoms with Crippen LogP contribution < -0.4 is 0 Å². The van der Waals surface area contributed by atoms with E-state index in [1.807, 2.05) is 0 Å². The average Bonchev–Trinajstić information content (AvgIpc) is 2.28. The van der Waals surface area contributed by atoms with Crippen molar-refractivity contribution in [2.45, 2.75) is 18.4 Å². The lowest BCUT2D eigenvalue weighted by Gasteiger charge is -2.21. The first-order chi connectivity index (χ1) is 8.74. The Balaban J connectivity index is 2.94. The monoisotopic (exact) mass is 268 g/mol. The predicted molar refractivity (Wildman–Crippen MR) is 61.9 cm³/mol. The molecule has 0 bridgehead atoms. The fourth-order valence-electron chi connectivity index (χ4n) is 1.57. The average molecular weight is 268 g/mol. The van der Waals surface area contributed by atoms with Crippen molar-refractivity contribution >= 4 is 17.9 Å². The van der Waals surface area contributed by atoms with Crippen molar-refractivity contribution in [2.75, 3.05) is 0 Å². The number of benzene rings is 1. The molecular weight excluding hydrogens is 256 g/mol. The summed E-state index contributed by atoms with van der Waals surface area (Å²) in [5, 5.41) is 36.0. The number of carboxylic acids is 3. The molecule has 1 aromatic carbocycles. The van der Waals surface area contributed by atoms with E-state index in [4.69, 9.17) is 15.3 Å². The summed E-state index contributed by atoms with van der Waals surface area (Å²) in [5.74, 6) is -4.21. The molecule has 7 heteroatoms. The molecule has 0 aliphatic heterocycles. The summed E-state index contributed by atoms with van der Waals surface area (Å²) in [7, 11) is 0. The molecule has 1 atom stereocenters. The first-order valence-corrected chi connectivity index (χ1v) is 5.24. The normalized spacial score (nSPS) is 13.5. The zero-order valence-corrected chi connectivity index (χ0v) is 9.74. The van der Waals surface area contributed by atoms with Gasteiger partial charge in [-0.25, -0.2) is 9.59 Å². The molecule has 0 aromatic heterocycles. The number of aliphatic carboxylic acids is 2. The van der Waals surface area contributed by atoms with E-state index in [9.17, 15) is 19.5 Å². The molecule has 4 N–H and O–H groups in total. The SMILES string of the molecule is O=C(O)C[C@](O)(Cc1ccc(C(=O)O)cc1)C(=O)O. The number of carboxylic acid groups (broad SMARTS) is 3. The molecule has 0 saturated heterocycles. The van der Waals surface area contributed by atoms with Gasteiger partial charge in [-0.15, -0.1) is 0 Å². The first kappa shape index (κ1) is 14.7. The van der Waals surface area contributed by atoms with Crippen LogP contribution in [0.4, 0.5) is 0 Å². The number of aliphatic hydroxyl groups is 1. The molecule has 7 nitrogen and oxygen atoms in total. The van der Waals surface area contributed by atoms with Crippen molar-refractivity contribution in [3.8, 4) is 0 Å². The van der Waals surface area contributed by atoms with Crippen molar-refractivity contribution in [2.24, 2.45) is 0 Å². The second-order valence-electron chi connectivity index (χ2n) is 4.09. The highest BCUT2D eigenvalue weighted by atomic mass is 16.4. The maximum Gasteiger partial charge on any atom is 0.336 e. The topological polar surface area (TPSA) is 132 Å². The molecule has 0 unspecified atom stereocenters. The van der Waals surface area contributed by atoms with E-state index in [-0.39, 0.29) is 5.56 Å². The largest absolute Gasteiger partial charge is 0.481 e. The third-order valence-electron chi connectivity index (χ3n) is 2.54. The van der Waals surface area contributed by atoms with Crippen molar-refractivity contribution in [3.05, 3.63) is 35.4 Å². The van der Waals surface area contributed by atoms with Gasteiger partial charge in [0, 0.05) is 6.42 Å². The molecule has 0 spiro atoms. The second kappa shape index (κ2) is 5.49. The van der Waals surface area contributed by atoms with Gasteiger partial charge in [0.15, 0.2) is 5.60 Å². The van der Waals surface area contributed by atoms with Crippen molar-refractivity contribution in [1.29, 1.82) is 0 Å². The fraction of sp³-hybridized carbons (Fsp3) is 0.250. The van der Waals surface area contributed by atoms with Gasteiger partial charge in [-0.1, -0.05) is 12.1 Å². The first-order valence-electron chi connectivity index (χ1n) is 5.24. The third kappa shape index (κ3) is 3.78. The highest BCUT2D eigenvalue weighted by molar-refractivity contribution is 5.87. The summed E-state index contributed by atoms with van der Waals surface area (Å²) in [6.45, 7) is 0. The van der Waals surface area contributed by atoms with E-state index in [1.165, 1.54) is 24.3 Å². The van der Waals surface area contributed by atoms with Crippen molar-refractivity contribution in [1.82, 2.24) is 0 Å². The number of hydrogen-bond acceptors (Lipinski definition) is 4. The molecule has 0 fully saturated rings. The molecule has 102 valence electrons. The van der Waals surface area contributed by atoms with Crippen LogP contribution in [0.2, 0.25) is 0 Å². The molecule has 0 amide bonds. The zero-order valence-electron chi connectivity index (χ0n) is 9.74. The molecule has 19 heavy (non-hydrogen) atoms. The van der Waals surface area contributed by atoms with Gasteiger partial charge in [-0.3, -0.25) is 4.79 Å². The Kier molecular flexibility index (Phi) is 4.23. The van der Waals surface area contributed by atoms with Gasteiger partial charge < -0.3 is 20.4 Å². The number of hydrogen-bond donors (Lipinski definition) is 4. The van der Waals surface area contributed by atoms with Gasteiger partial charge in [-0.05, 0) is 17.7 Å². The summed E-state index contributed by atoms with van der Waals surface area (Å²) in [6, 6.07) is 5.17. The van der Waals surface area contributed by atoms with Crippen LogP contribution in [0.25, 0.3) is 0 Å². The summed E-state index contributed by atoms with van der Waals surface area (Å²) >= 11 is 0. The molecular formula is C12H12O7. The molecule has 0 heterocycles. The van der Waals surface area contributed by atoms with Crippen LogP contribution in [0.3, 0.4) is 0 Å². The second-order valence-corrected chi connectivity index (χ2v) is 4.09. The molecule has 0 aliphatic carbocycles. The lowest BCUT2D eigenvalue weighted by molar-refractivity contribution is -0.165. The predicted octanol–water partition coefficient (Wildman–Crippen LogP) is 0.218. The molecule has 0 saturated carbocycles. The highest BCUT2D eigenvalue weighted by Crippen LogP contribution is 2.19. The summed E-state index contributed by atoms with van der Waals surface area (Å²) in [5.41, 5.74) is -2.08. The lowest BCUT2D eigenvalue weighted by atomic mass is 9.91. The Morgan fingerprint density at radius 3 is 1.89 bits per heavy atom. The minimum absolute atomic E-state index is 0.0147. The molecule has 0 radical (unpaired) electrons. The minimum Gasteiger partial charge on any atom is -0.481 e.